The Bertz CT molecular complexity index is 1150. The van der Waals surface area contributed by atoms with Gasteiger partial charge in [-0.15, -0.1) is 0 Å². The molecule has 1 saturated heterocycles. The molecule has 0 bridgehead atoms. The van der Waals surface area contributed by atoms with Gasteiger partial charge in [0.05, 0.1) is 18.8 Å². The Morgan fingerprint density at radius 2 is 1.94 bits per heavy atom. The maximum Gasteiger partial charge on any atom is 0.317 e. The first-order valence-corrected chi connectivity index (χ1v) is 12.9. The fourth-order valence-corrected chi connectivity index (χ4v) is 6.16. The molecule has 9 heteroatoms. The molecule has 194 valence electrons. The number of hydrogen-bond acceptors (Lipinski definition) is 4. The Morgan fingerprint density at radius 3 is 2.61 bits per heavy atom. The Hall–Kier alpha value is -2.32. The number of anilines is 1. The number of hydrogen-bond donors (Lipinski definition) is 4. The number of likely N-dealkylation sites (tertiary alicyclic amines) is 1. The maximum absolute atomic E-state index is 14.0. The first-order chi connectivity index (χ1) is 17.0. The first kappa shape index (κ1) is 26.7. The van der Waals surface area contributed by atoms with Gasteiger partial charge in [-0.3, -0.25) is 4.79 Å². The molecule has 3 amide bonds. The fraction of sp³-hybridized carbons (Fsp3) is 0.481. The van der Waals surface area contributed by atoms with Crippen molar-refractivity contribution in [1.29, 1.82) is 0 Å². The summed E-state index contributed by atoms with van der Waals surface area (Å²) in [4.78, 5) is 29.3. The molecule has 36 heavy (non-hydrogen) atoms. The number of carbonyl (C=O) groups is 2. The van der Waals surface area contributed by atoms with Gasteiger partial charge in [-0.05, 0) is 59.6 Å². The third-order valence-electron chi connectivity index (χ3n) is 7.10. The molecule has 0 unspecified atom stereocenters. The van der Waals surface area contributed by atoms with Crippen LogP contribution in [0, 0.1) is 11.3 Å². The molecular weight excluding hydrogens is 501 g/mol. The molecule has 2 aliphatic rings. The second kappa shape index (κ2) is 10.2. The summed E-state index contributed by atoms with van der Waals surface area (Å²) in [5.74, 6) is -0.345. The highest BCUT2D eigenvalue weighted by Gasteiger charge is 2.64. The van der Waals surface area contributed by atoms with Gasteiger partial charge in [0.1, 0.15) is 5.41 Å². The van der Waals surface area contributed by atoms with E-state index in [1.54, 1.807) is 23.1 Å². The van der Waals surface area contributed by atoms with Crippen LogP contribution < -0.4 is 10.6 Å². The standard InChI is InChI=1S/C27H33Cl2N3O4/c1-26(2,3)13-17-14-32(25(36)30-10-9-20(34)15-33)23(16-5-4-6-18(28)11-16)27(17)21-8-7-19(29)12-22(21)31-24(27)35/h4-8,11-12,17,20,23,33-34H,9-10,13-15H2,1-3H3,(H,30,36)(H,31,35)/t17-,20+,23-,27+/m1/s1. The average Bonchev–Trinajstić information content (AvgIpc) is 3.27. The van der Waals surface area contributed by atoms with E-state index in [0.29, 0.717) is 28.7 Å². The van der Waals surface area contributed by atoms with Crippen LogP contribution in [0.1, 0.15) is 50.8 Å². The summed E-state index contributed by atoms with van der Waals surface area (Å²) in [6.07, 6.45) is 0.00729. The van der Waals surface area contributed by atoms with Gasteiger partial charge in [0.2, 0.25) is 5.91 Å². The van der Waals surface area contributed by atoms with Gasteiger partial charge in [-0.25, -0.2) is 4.79 Å². The number of fused-ring (bicyclic) bond motifs is 2. The van der Waals surface area contributed by atoms with Crippen LogP contribution in [0.5, 0.6) is 0 Å². The number of nitrogens with zero attached hydrogens (tertiary/aromatic N) is 1. The minimum Gasteiger partial charge on any atom is -0.394 e. The SMILES string of the molecule is CC(C)(C)C[C@@H]1CN(C(=O)NCC[C@H](O)CO)[C@H](c2cccc(Cl)c2)[C@]12C(=O)Nc1cc(Cl)ccc12. The van der Waals surface area contributed by atoms with Gasteiger partial charge in [-0.2, -0.15) is 0 Å². The summed E-state index contributed by atoms with van der Waals surface area (Å²) in [6.45, 7) is 6.56. The Balaban J connectivity index is 1.86. The van der Waals surface area contributed by atoms with Crippen LogP contribution >= 0.6 is 23.2 Å². The average molecular weight is 534 g/mol. The van der Waals surface area contributed by atoms with Gasteiger partial charge >= 0.3 is 6.03 Å². The molecule has 7 nitrogen and oxygen atoms in total. The Kier molecular flexibility index (Phi) is 7.58. The lowest BCUT2D eigenvalue weighted by Gasteiger charge is -2.38. The van der Waals surface area contributed by atoms with E-state index >= 15 is 0 Å². The van der Waals surface area contributed by atoms with Gasteiger partial charge in [-0.1, -0.05) is 62.2 Å². The van der Waals surface area contributed by atoms with Crippen LogP contribution in [-0.2, 0) is 10.2 Å². The number of rotatable bonds is 6. The topological polar surface area (TPSA) is 102 Å². The molecular formula is C27H33Cl2N3O4. The van der Waals surface area contributed by atoms with Crippen LogP contribution in [0.15, 0.2) is 42.5 Å². The highest BCUT2D eigenvalue weighted by atomic mass is 35.5. The van der Waals surface area contributed by atoms with Crippen LogP contribution in [0.4, 0.5) is 10.5 Å². The largest absolute Gasteiger partial charge is 0.394 e. The molecule has 2 aromatic rings. The van der Waals surface area contributed by atoms with E-state index in [0.717, 1.165) is 11.1 Å². The number of nitrogens with one attached hydrogen (secondary N) is 2. The molecule has 2 heterocycles. The molecule has 0 saturated carbocycles. The van der Waals surface area contributed by atoms with E-state index in [4.69, 9.17) is 28.3 Å². The lowest BCUT2D eigenvalue weighted by Crippen LogP contribution is -2.47. The van der Waals surface area contributed by atoms with Gasteiger partial charge in [0.15, 0.2) is 0 Å². The smallest absolute Gasteiger partial charge is 0.317 e. The van der Waals surface area contributed by atoms with Crippen molar-refractivity contribution < 1.29 is 19.8 Å². The van der Waals surface area contributed by atoms with E-state index in [9.17, 15) is 14.7 Å². The second-order valence-electron chi connectivity index (χ2n) is 10.9. The van der Waals surface area contributed by atoms with Crippen molar-refractivity contribution in [3.05, 3.63) is 63.6 Å². The normalized spacial score (nSPS) is 24.1. The fourth-order valence-electron chi connectivity index (χ4n) is 5.78. The van der Waals surface area contributed by atoms with Crippen molar-refractivity contribution in [3.8, 4) is 0 Å². The Morgan fingerprint density at radius 1 is 1.22 bits per heavy atom. The number of aliphatic hydroxyl groups excluding tert-OH is 2. The summed E-state index contributed by atoms with van der Waals surface area (Å²) in [5.41, 5.74) is 1.10. The maximum atomic E-state index is 14.0. The lowest BCUT2D eigenvalue weighted by atomic mass is 9.63. The zero-order valence-electron chi connectivity index (χ0n) is 20.7. The third kappa shape index (κ3) is 4.94. The summed E-state index contributed by atoms with van der Waals surface area (Å²) in [5, 5.41) is 25.8. The van der Waals surface area contributed by atoms with Crippen molar-refractivity contribution in [2.75, 3.05) is 25.0 Å². The molecule has 2 aromatic carbocycles. The van der Waals surface area contributed by atoms with Gasteiger partial charge in [0, 0.05) is 28.8 Å². The predicted molar refractivity (Wildman–Crippen MR) is 141 cm³/mol. The van der Waals surface area contributed by atoms with E-state index < -0.39 is 17.6 Å². The Labute approximate surface area is 221 Å². The molecule has 1 spiro atoms. The number of aliphatic hydroxyl groups is 2. The van der Waals surface area contributed by atoms with Crippen molar-refractivity contribution in [2.45, 2.75) is 51.2 Å². The van der Waals surface area contributed by atoms with Crippen LogP contribution in [-0.4, -0.2) is 52.9 Å². The quantitative estimate of drug-likeness (QED) is 0.430. The second-order valence-corrected chi connectivity index (χ2v) is 11.8. The number of amides is 3. The van der Waals surface area contributed by atoms with Crippen molar-refractivity contribution in [3.63, 3.8) is 0 Å². The zero-order chi connectivity index (χ0) is 26.3. The molecule has 4 N–H and O–H groups in total. The summed E-state index contributed by atoms with van der Waals surface area (Å²) in [6, 6.07) is 11.8. The summed E-state index contributed by atoms with van der Waals surface area (Å²) in [7, 11) is 0. The van der Waals surface area contributed by atoms with Crippen LogP contribution in [0.2, 0.25) is 10.0 Å². The van der Waals surface area contributed by atoms with Gasteiger partial charge in [0.25, 0.3) is 0 Å². The molecule has 4 atom stereocenters. The number of urea groups is 1. The van der Waals surface area contributed by atoms with Crippen LogP contribution in [0.3, 0.4) is 0 Å². The summed E-state index contributed by atoms with van der Waals surface area (Å²) < 4.78 is 0. The molecule has 2 aliphatic heterocycles. The van der Waals surface area contributed by atoms with Crippen LogP contribution in [0.25, 0.3) is 0 Å². The van der Waals surface area contributed by atoms with Gasteiger partial charge < -0.3 is 25.7 Å². The number of carbonyl (C=O) groups excluding carboxylic acids is 2. The number of halogens is 2. The zero-order valence-corrected chi connectivity index (χ0v) is 22.2. The first-order valence-electron chi connectivity index (χ1n) is 12.2. The highest BCUT2D eigenvalue weighted by Crippen LogP contribution is 2.59. The highest BCUT2D eigenvalue weighted by molar-refractivity contribution is 6.31. The minimum atomic E-state index is -1.04. The molecule has 1 fully saturated rings. The van der Waals surface area contributed by atoms with E-state index in [2.05, 4.69) is 31.4 Å². The lowest BCUT2D eigenvalue weighted by molar-refractivity contribution is -0.123. The van der Waals surface area contributed by atoms with Crippen molar-refractivity contribution >= 4 is 40.8 Å². The molecule has 0 radical (unpaired) electrons. The summed E-state index contributed by atoms with van der Waals surface area (Å²) >= 11 is 12.7. The third-order valence-corrected chi connectivity index (χ3v) is 7.57. The van der Waals surface area contributed by atoms with E-state index in [1.165, 1.54) is 0 Å². The minimum absolute atomic E-state index is 0.107. The molecule has 4 rings (SSSR count). The van der Waals surface area contributed by atoms with Crippen molar-refractivity contribution in [1.82, 2.24) is 10.2 Å². The molecule has 0 aromatic heterocycles. The monoisotopic (exact) mass is 533 g/mol. The van der Waals surface area contributed by atoms with E-state index in [1.807, 2.05) is 24.3 Å². The van der Waals surface area contributed by atoms with Crippen molar-refractivity contribution in [2.24, 2.45) is 11.3 Å². The van der Waals surface area contributed by atoms with E-state index in [-0.39, 0.29) is 42.8 Å². The predicted octanol–water partition coefficient (Wildman–Crippen LogP) is 4.75. The number of benzene rings is 2. The molecule has 0 aliphatic carbocycles.